The lowest BCUT2D eigenvalue weighted by Gasteiger charge is -2.46. The Morgan fingerprint density at radius 2 is 0.988 bits per heavy atom. The van der Waals surface area contributed by atoms with Crippen molar-refractivity contribution in [2.75, 3.05) is 26.2 Å². The Morgan fingerprint density at radius 3 is 1.48 bits per heavy atom. The van der Waals surface area contributed by atoms with Crippen LogP contribution in [0.1, 0.15) is 48.9 Å². The smallest absolute Gasteiger partial charge is 0.408 e. The molecule has 4 aliphatic rings. The number of ether oxygens (including phenoxy) is 10. The number of alkyl carbamates (subject to hydrolysis) is 4. The summed E-state index contributed by atoms with van der Waals surface area (Å²) < 4.78 is 60.0. The molecule has 15 unspecified atom stereocenters. The van der Waals surface area contributed by atoms with Crippen LogP contribution in [0.25, 0.3) is 0 Å². The zero-order valence-corrected chi connectivity index (χ0v) is 46.9. The highest BCUT2D eigenvalue weighted by Crippen LogP contribution is 2.37. The fourth-order valence-electron chi connectivity index (χ4n) is 9.75. The molecule has 0 radical (unpaired) electrons. The summed E-state index contributed by atoms with van der Waals surface area (Å²) in [7, 11) is 0. The molecule has 1 aliphatic carbocycles. The number of carbonyl (C=O) groups excluding carboxylic acids is 5. The molecule has 0 aromatic heterocycles. The van der Waals surface area contributed by atoms with E-state index in [1.807, 2.05) is 55.5 Å². The highest BCUT2D eigenvalue weighted by atomic mass is 16.8. The Morgan fingerprint density at radius 1 is 0.541 bits per heavy atom. The first-order valence-electron chi connectivity index (χ1n) is 28.1. The van der Waals surface area contributed by atoms with Crippen LogP contribution in [0.3, 0.4) is 0 Å². The summed E-state index contributed by atoms with van der Waals surface area (Å²) in [5.41, 5.74) is 2.99. The molecule has 4 aromatic rings. The van der Waals surface area contributed by atoms with Crippen molar-refractivity contribution >= 4 is 30.4 Å². The van der Waals surface area contributed by atoms with Crippen LogP contribution in [0.4, 0.5) is 24.0 Å². The number of carbonyl (C=O) groups is 5. The van der Waals surface area contributed by atoms with Gasteiger partial charge in [-0.05, 0) is 41.0 Å². The van der Waals surface area contributed by atoms with Gasteiger partial charge in [0.05, 0.1) is 44.1 Å². The van der Waals surface area contributed by atoms with Gasteiger partial charge >= 0.3 is 30.4 Å². The highest BCUT2D eigenvalue weighted by Gasteiger charge is 2.53. The summed E-state index contributed by atoms with van der Waals surface area (Å²) in [6.07, 6.45) is -10.7. The Hall–Kier alpha value is -7.69. The van der Waals surface area contributed by atoms with Crippen molar-refractivity contribution in [3.63, 3.8) is 0 Å². The number of nitrogens with zero attached hydrogens (tertiary/aromatic N) is 1. The molecule has 3 aliphatic heterocycles. The summed E-state index contributed by atoms with van der Waals surface area (Å²) in [6, 6.07) is 31.8. The number of hydrogen-bond acceptors (Lipinski definition) is 19. The van der Waals surface area contributed by atoms with Crippen molar-refractivity contribution in [2.45, 2.75) is 139 Å². The highest BCUT2D eigenvalue weighted by molar-refractivity contribution is 5.73. The van der Waals surface area contributed by atoms with Crippen molar-refractivity contribution in [1.82, 2.24) is 31.6 Å². The quantitative estimate of drug-likeness (QED) is 0.0197. The predicted molar refractivity (Wildman–Crippen MR) is 299 cm³/mol. The second kappa shape index (κ2) is 32.0. The number of nitrogens with one attached hydrogen (secondary N) is 5. The van der Waals surface area contributed by atoms with E-state index in [1.54, 1.807) is 104 Å². The van der Waals surface area contributed by atoms with Gasteiger partial charge in [-0.1, -0.05) is 159 Å². The maximum absolute atomic E-state index is 13.6. The zero-order chi connectivity index (χ0) is 60.1. The topological polar surface area (TPSA) is 322 Å². The van der Waals surface area contributed by atoms with Crippen molar-refractivity contribution in [1.29, 1.82) is 0 Å². The molecular formula is C60H74N6O19. The van der Waals surface area contributed by atoms with Crippen LogP contribution in [-0.2, 0) is 73.8 Å². The number of urea groups is 1. The minimum atomic E-state index is -1.77. The number of aliphatic hydroxyl groups is 3. The van der Waals surface area contributed by atoms with Gasteiger partial charge in [0.2, 0.25) is 0 Å². The minimum Gasteiger partial charge on any atom is -0.445 e. The van der Waals surface area contributed by atoms with Gasteiger partial charge in [0.15, 0.2) is 18.9 Å². The third-order valence-electron chi connectivity index (χ3n) is 14.3. The van der Waals surface area contributed by atoms with Crippen LogP contribution in [0.5, 0.6) is 0 Å². The summed E-state index contributed by atoms with van der Waals surface area (Å²) in [5, 5.41) is 59.7. The maximum Gasteiger partial charge on any atom is 0.408 e. The van der Waals surface area contributed by atoms with Crippen LogP contribution in [-0.4, -0.2) is 168 Å². The molecule has 85 heavy (non-hydrogen) atoms. The first-order valence-corrected chi connectivity index (χ1v) is 28.1. The third-order valence-corrected chi connectivity index (χ3v) is 14.3. The van der Waals surface area contributed by atoms with Crippen LogP contribution < -0.4 is 26.6 Å². The lowest BCUT2D eigenvalue weighted by molar-refractivity contribution is -0.287. The molecule has 1 saturated heterocycles. The Labute approximate surface area is 491 Å². The molecule has 1 saturated carbocycles. The number of rotatable bonds is 24. The lowest BCUT2D eigenvalue weighted by atomic mass is 9.80. The van der Waals surface area contributed by atoms with E-state index in [0.29, 0.717) is 11.5 Å². The van der Waals surface area contributed by atoms with Crippen molar-refractivity contribution < 1.29 is 91.9 Å². The summed E-state index contributed by atoms with van der Waals surface area (Å²) >= 11 is 0. The van der Waals surface area contributed by atoms with Gasteiger partial charge in [-0.2, -0.15) is 0 Å². The van der Waals surface area contributed by atoms with Gasteiger partial charge < -0.3 is 89.3 Å². The summed E-state index contributed by atoms with van der Waals surface area (Å²) in [6.45, 7) is 2.07. The molecule has 3 heterocycles. The third kappa shape index (κ3) is 18.9. The number of amides is 6. The van der Waals surface area contributed by atoms with Crippen LogP contribution in [0.15, 0.2) is 146 Å². The SMILES string of the molecule is CCC1C=CC(NC(=O)OCc2ccccc2)C(OC2C(C)CC(NC(=O)N(O)CCNC(=O)OCc3ccccc3)C(O)C2OC2OC(CO)C(OC3OC(CNC(=O)OCc4ccccc4)C=CC3NC(=O)OCc3ccccc3)C2O)O1. The van der Waals surface area contributed by atoms with Crippen LogP contribution >= 0.6 is 0 Å². The molecule has 25 heteroatoms. The van der Waals surface area contributed by atoms with E-state index in [0.717, 1.165) is 22.3 Å². The van der Waals surface area contributed by atoms with E-state index in [2.05, 4.69) is 26.6 Å². The first kappa shape index (κ1) is 63.3. The second-order valence-electron chi connectivity index (χ2n) is 20.6. The number of benzene rings is 4. The summed E-state index contributed by atoms with van der Waals surface area (Å²) in [4.78, 5) is 65.3. The van der Waals surface area contributed by atoms with Crippen molar-refractivity contribution in [3.05, 3.63) is 168 Å². The standard InChI is InChI=1S/C60H74N6O19/c1-3-42-24-26-44(64-59(73)78-35-40-20-12-6-13-21-40)53(80-42)83-50-37(2)30-46(63-56(70)66(75)29-28-61-57(71)76-33-38-16-8-4-9-17-38)48(68)52(50)85-55-49(69)51(47(32-67)82-55)84-54-45(65-60(74)79-36-41-22-14-7-15-23-41)27-25-43(81-54)31-62-58(72)77-34-39-18-10-5-11-19-39/h4-27,37,42-55,67-69,75H,3,28-36H2,1-2H3,(H,61,71)(H,62,72)(H,63,70)(H,64,73)(H,65,74). The molecule has 6 amide bonds. The Kier molecular flexibility index (Phi) is 23.8. The molecule has 0 bridgehead atoms. The number of aliphatic hydroxyl groups excluding tert-OH is 3. The van der Waals surface area contributed by atoms with Crippen molar-refractivity contribution in [3.8, 4) is 0 Å². The Balaban J connectivity index is 0.974. The van der Waals surface area contributed by atoms with Gasteiger partial charge in [0, 0.05) is 6.54 Å². The molecular weight excluding hydrogens is 1110 g/mol. The fraction of sp³-hybridized carbons (Fsp3) is 0.450. The van der Waals surface area contributed by atoms with E-state index >= 15 is 0 Å². The molecule has 458 valence electrons. The first-order chi connectivity index (χ1) is 41.2. The Bertz CT molecular complexity index is 2790. The minimum absolute atomic E-state index is 0.00600. The normalized spacial score (nSPS) is 27.8. The van der Waals surface area contributed by atoms with Crippen LogP contribution in [0.2, 0.25) is 0 Å². The van der Waals surface area contributed by atoms with Gasteiger partial charge in [-0.3, -0.25) is 5.21 Å². The van der Waals surface area contributed by atoms with Gasteiger partial charge in [-0.25, -0.2) is 29.0 Å². The molecule has 4 aromatic carbocycles. The second-order valence-corrected chi connectivity index (χ2v) is 20.6. The molecule has 25 nitrogen and oxygen atoms in total. The zero-order valence-electron chi connectivity index (χ0n) is 46.9. The van der Waals surface area contributed by atoms with Crippen LogP contribution in [0, 0.1) is 5.92 Å². The maximum atomic E-state index is 13.6. The van der Waals surface area contributed by atoms with E-state index in [-0.39, 0.29) is 52.5 Å². The predicted octanol–water partition coefficient (Wildman–Crippen LogP) is 4.81. The lowest BCUT2D eigenvalue weighted by Crippen LogP contribution is -2.63. The van der Waals surface area contributed by atoms with E-state index in [1.165, 1.54) is 0 Å². The molecule has 15 atom stereocenters. The summed E-state index contributed by atoms with van der Waals surface area (Å²) in [5.74, 6) is -0.636. The molecule has 9 N–H and O–H groups in total. The van der Waals surface area contributed by atoms with E-state index in [4.69, 9.17) is 47.4 Å². The molecule has 0 spiro atoms. The number of hydroxylamine groups is 2. The van der Waals surface area contributed by atoms with E-state index in [9.17, 15) is 44.5 Å². The molecule has 2 fully saturated rings. The molecule has 8 rings (SSSR count). The van der Waals surface area contributed by atoms with Gasteiger partial charge in [-0.15, -0.1) is 0 Å². The van der Waals surface area contributed by atoms with E-state index < -0.39 is 129 Å². The largest absolute Gasteiger partial charge is 0.445 e. The van der Waals surface area contributed by atoms with Gasteiger partial charge in [0.25, 0.3) is 0 Å². The average molecular weight is 1180 g/mol. The fourth-order valence-corrected chi connectivity index (χ4v) is 9.75. The number of hydrogen-bond donors (Lipinski definition) is 9. The van der Waals surface area contributed by atoms with Gasteiger partial charge in [0.1, 0.15) is 69.0 Å². The monoisotopic (exact) mass is 1180 g/mol. The van der Waals surface area contributed by atoms with Crippen molar-refractivity contribution in [2.24, 2.45) is 5.92 Å². The average Bonchev–Trinajstić information content (AvgIpc) is 2.57.